The van der Waals surface area contributed by atoms with Crippen molar-refractivity contribution in [3.63, 3.8) is 0 Å². The molecule has 2 aromatic rings. The Morgan fingerprint density at radius 3 is 2.23 bits per heavy atom. The molecule has 240 valence electrons. The minimum Gasteiger partial charge on any atom is -0.490 e. The molecule has 4 aliphatic carbocycles. The number of nitrogen functional groups attached to an aromatic ring is 2. The highest BCUT2D eigenvalue weighted by Crippen LogP contribution is 2.68. The molecule has 0 saturated heterocycles. The number of fused-ring (bicyclic) bond motifs is 5. The topological polar surface area (TPSA) is 99.6 Å². The second-order valence-electron chi connectivity index (χ2n) is 15.2. The number of carbonyl (C=O) groups is 1. The molecular weight excluding hydrogens is 546 g/mol. The predicted octanol–water partition coefficient (Wildman–Crippen LogP) is 7.87. The van der Waals surface area contributed by atoms with Crippen LogP contribution in [0.25, 0.3) is 0 Å². The van der Waals surface area contributed by atoms with Crippen LogP contribution >= 0.6 is 0 Å². The third-order valence-corrected chi connectivity index (χ3v) is 12.9. The van der Waals surface area contributed by atoms with Gasteiger partial charge in [0.1, 0.15) is 17.6 Å². The zero-order valence-electron chi connectivity index (χ0n) is 27.4. The highest BCUT2D eigenvalue weighted by atomic mass is 16.5. The lowest BCUT2D eigenvalue weighted by Crippen LogP contribution is -2.59. The normalized spacial score (nSPS) is 36.8. The van der Waals surface area contributed by atoms with Gasteiger partial charge in [0.15, 0.2) is 0 Å². The Kier molecular flexibility index (Phi) is 8.82. The summed E-state index contributed by atoms with van der Waals surface area (Å²) in [6.07, 6.45) is 11.5. The van der Waals surface area contributed by atoms with E-state index in [2.05, 4.69) is 32.2 Å². The first-order valence-corrected chi connectivity index (χ1v) is 17.4. The second-order valence-corrected chi connectivity index (χ2v) is 15.2. The Hall–Kier alpha value is -2.89. The molecule has 6 rings (SSSR count). The van der Waals surface area contributed by atoms with Crippen LogP contribution in [0.15, 0.2) is 48.5 Å². The maximum Gasteiger partial charge on any atom is 0.219 e. The first kappa shape index (κ1) is 31.1. The van der Waals surface area contributed by atoms with E-state index in [1.807, 2.05) is 49.4 Å². The van der Waals surface area contributed by atoms with Crippen LogP contribution < -0.4 is 26.3 Å². The number of hydrogen-bond acceptors (Lipinski definition) is 5. The zero-order chi connectivity index (χ0) is 31.1. The van der Waals surface area contributed by atoms with Gasteiger partial charge in [0.2, 0.25) is 5.91 Å². The van der Waals surface area contributed by atoms with E-state index in [0.717, 1.165) is 48.6 Å². The number of ether oxygens (including phenoxy) is 2. The number of nitrogens with two attached hydrogens (primary N) is 2. The molecule has 0 heterocycles. The zero-order valence-corrected chi connectivity index (χ0v) is 27.4. The van der Waals surface area contributed by atoms with Gasteiger partial charge in [-0.1, -0.05) is 32.9 Å². The summed E-state index contributed by atoms with van der Waals surface area (Å²) >= 11 is 0. The van der Waals surface area contributed by atoms with Crippen molar-refractivity contribution >= 4 is 17.3 Å². The van der Waals surface area contributed by atoms with E-state index in [-0.39, 0.29) is 23.5 Å². The molecule has 0 radical (unpaired) electrons. The van der Waals surface area contributed by atoms with Gasteiger partial charge in [-0.2, -0.15) is 0 Å². The van der Waals surface area contributed by atoms with Crippen LogP contribution in [-0.4, -0.2) is 24.7 Å². The fourth-order valence-corrected chi connectivity index (χ4v) is 10.8. The van der Waals surface area contributed by atoms with Crippen LogP contribution in [0.5, 0.6) is 11.5 Å². The van der Waals surface area contributed by atoms with Gasteiger partial charge < -0.3 is 26.3 Å². The van der Waals surface area contributed by atoms with Crippen molar-refractivity contribution in [2.75, 3.05) is 18.0 Å². The van der Waals surface area contributed by atoms with Crippen molar-refractivity contribution in [3.05, 3.63) is 48.5 Å². The third kappa shape index (κ3) is 5.90. The molecule has 0 aliphatic heterocycles. The Balaban J connectivity index is 1.24. The van der Waals surface area contributed by atoms with Crippen LogP contribution in [0.1, 0.15) is 91.9 Å². The lowest BCUT2D eigenvalue weighted by Gasteiger charge is -2.63. The van der Waals surface area contributed by atoms with Crippen LogP contribution in [0, 0.1) is 46.3 Å². The molecule has 4 fully saturated rings. The number of amides is 1. The maximum atomic E-state index is 12.3. The number of rotatable bonds is 9. The van der Waals surface area contributed by atoms with Gasteiger partial charge in [0, 0.05) is 42.4 Å². The smallest absolute Gasteiger partial charge is 0.219 e. The first-order valence-electron chi connectivity index (χ1n) is 17.4. The van der Waals surface area contributed by atoms with E-state index in [9.17, 15) is 4.79 Å². The molecule has 10 atom stereocenters. The minimum absolute atomic E-state index is 0.131. The Morgan fingerprint density at radius 1 is 0.886 bits per heavy atom. The standard InChI is InChI=1S/C38H55N3O3/c1-5-41-36(42)15-12-24(2)31-13-14-32-30-23-35(44-28-11-7-9-26(40)21-28)34-22-29(43-27-10-6-8-25(39)20-27)16-18-38(34,4)33(30)17-19-37(31,32)3/h6-11,20-21,24,29-35H,5,12-19,22-23,39-40H2,1-4H3,(H,41,42)/t24-,29?,30+,31-,32+,33+,34?,35?,37-,38-/m1/s1. The highest BCUT2D eigenvalue weighted by molar-refractivity contribution is 5.75. The quantitative estimate of drug-likeness (QED) is 0.254. The molecule has 3 unspecified atom stereocenters. The summed E-state index contributed by atoms with van der Waals surface area (Å²) in [6.45, 7) is 10.3. The Bertz CT molecular complexity index is 1320. The van der Waals surface area contributed by atoms with E-state index in [1.54, 1.807) is 0 Å². The van der Waals surface area contributed by atoms with Crippen LogP contribution in [0.4, 0.5) is 11.4 Å². The molecule has 0 aromatic heterocycles. The lowest BCUT2D eigenvalue weighted by atomic mass is 9.43. The van der Waals surface area contributed by atoms with Gasteiger partial charge in [0.05, 0.1) is 6.10 Å². The van der Waals surface area contributed by atoms with E-state index >= 15 is 0 Å². The number of benzene rings is 2. The average Bonchev–Trinajstić information content (AvgIpc) is 3.34. The monoisotopic (exact) mass is 601 g/mol. The second kappa shape index (κ2) is 12.5. The van der Waals surface area contributed by atoms with Crippen molar-refractivity contribution in [1.82, 2.24) is 5.32 Å². The molecule has 6 nitrogen and oxygen atoms in total. The molecule has 6 heteroatoms. The molecule has 44 heavy (non-hydrogen) atoms. The summed E-state index contributed by atoms with van der Waals surface area (Å²) in [4.78, 5) is 12.3. The molecule has 5 N–H and O–H groups in total. The maximum absolute atomic E-state index is 12.3. The molecule has 1 amide bonds. The molecule has 2 aromatic carbocycles. The fraction of sp³-hybridized carbons (Fsp3) is 0.658. The predicted molar refractivity (Wildman–Crippen MR) is 178 cm³/mol. The summed E-state index contributed by atoms with van der Waals surface area (Å²) < 4.78 is 13.6. The van der Waals surface area contributed by atoms with E-state index in [1.165, 1.54) is 32.1 Å². The van der Waals surface area contributed by atoms with E-state index < -0.39 is 0 Å². The number of hydrogen-bond donors (Lipinski definition) is 3. The average molecular weight is 602 g/mol. The molecule has 0 bridgehead atoms. The first-order chi connectivity index (χ1) is 21.1. The SMILES string of the molecule is CCNC(=O)CC[C@@H](C)[C@H]1CC[C@H]2[C@@H]3CC(Oc4cccc(N)c4)C4CC(Oc5cccc(N)c5)CC[C@]4(C)[C@H]3CC[C@]12C. The largest absolute Gasteiger partial charge is 0.490 e. The highest BCUT2D eigenvalue weighted by Gasteiger charge is 2.63. The van der Waals surface area contributed by atoms with Crippen molar-refractivity contribution < 1.29 is 14.3 Å². The molecular formula is C38H55N3O3. The van der Waals surface area contributed by atoms with E-state index in [4.69, 9.17) is 20.9 Å². The summed E-state index contributed by atoms with van der Waals surface area (Å²) in [5.41, 5.74) is 14.3. The summed E-state index contributed by atoms with van der Waals surface area (Å²) in [5.74, 6) is 5.71. The van der Waals surface area contributed by atoms with Gasteiger partial charge in [-0.3, -0.25) is 4.79 Å². The lowest BCUT2D eigenvalue weighted by molar-refractivity contribution is -0.164. The van der Waals surface area contributed by atoms with Gasteiger partial charge in [-0.15, -0.1) is 0 Å². The van der Waals surface area contributed by atoms with Gasteiger partial charge >= 0.3 is 0 Å². The number of anilines is 2. The molecule has 0 spiro atoms. The van der Waals surface area contributed by atoms with Gasteiger partial charge in [-0.25, -0.2) is 0 Å². The summed E-state index contributed by atoms with van der Waals surface area (Å²) in [5, 5.41) is 3.00. The van der Waals surface area contributed by atoms with E-state index in [0.29, 0.717) is 53.9 Å². The van der Waals surface area contributed by atoms with Crippen LogP contribution in [0.2, 0.25) is 0 Å². The molecule has 4 aliphatic rings. The van der Waals surface area contributed by atoms with Crippen molar-refractivity contribution in [1.29, 1.82) is 0 Å². The fourth-order valence-electron chi connectivity index (χ4n) is 10.8. The summed E-state index contributed by atoms with van der Waals surface area (Å²) in [7, 11) is 0. The minimum atomic E-state index is 0.131. The Labute approximate surface area is 265 Å². The van der Waals surface area contributed by atoms with Crippen LogP contribution in [0.3, 0.4) is 0 Å². The molecule has 4 saturated carbocycles. The van der Waals surface area contributed by atoms with Crippen molar-refractivity contribution in [3.8, 4) is 11.5 Å². The van der Waals surface area contributed by atoms with Crippen molar-refractivity contribution in [2.45, 2.75) is 104 Å². The summed E-state index contributed by atoms with van der Waals surface area (Å²) in [6, 6.07) is 15.8. The van der Waals surface area contributed by atoms with Crippen molar-refractivity contribution in [2.24, 2.45) is 46.3 Å². The van der Waals surface area contributed by atoms with Crippen LogP contribution in [-0.2, 0) is 4.79 Å². The Morgan fingerprint density at radius 2 is 1.55 bits per heavy atom. The third-order valence-electron chi connectivity index (χ3n) is 12.9. The number of carbonyl (C=O) groups excluding carboxylic acids is 1. The van der Waals surface area contributed by atoms with Gasteiger partial charge in [0.25, 0.3) is 0 Å². The number of nitrogens with one attached hydrogen (secondary N) is 1. The van der Waals surface area contributed by atoms with Gasteiger partial charge in [-0.05, 0) is 129 Å².